The fourth-order valence-corrected chi connectivity index (χ4v) is 1.94. The summed E-state index contributed by atoms with van der Waals surface area (Å²) in [7, 11) is 0. The highest BCUT2D eigenvalue weighted by Gasteiger charge is 2.05. The number of rotatable bonds is 5. The van der Waals surface area contributed by atoms with E-state index in [0.29, 0.717) is 18.5 Å². The molecule has 0 aliphatic rings. The quantitative estimate of drug-likeness (QED) is 0.567. The Bertz CT molecular complexity index is 632. The van der Waals surface area contributed by atoms with E-state index in [4.69, 9.17) is 10.5 Å². The van der Waals surface area contributed by atoms with Crippen LogP contribution < -0.4 is 20.8 Å². The van der Waals surface area contributed by atoms with Crippen molar-refractivity contribution in [3.8, 4) is 5.75 Å². The van der Waals surface area contributed by atoms with E-state index in [1.807, 2.05) is 44.2 Å². The molecule has 4 N–H and O–H groups in total. The second-order valence-electron chi connectivity index (χ2n) is 5.01. The summed E-state index contributed by atoms with van der Waals surface area (Å²) in [4.78, 5) is 11.5. The van der Waals surface area contributed by atoms with Crippen LogP contribution in [0.2, 0.25) is 0 Å². The zero-order chi connectivity index (χ0) is 15.9. The smallest absolute Gasteiger partial charge is 0.354 e. The van der Waals surface area contributed by atoms with Crippen LogP contribution in [0.3, 0.4) is 0 Å². The summed E-state index contributed by atoms with van der Waals surface area (Å²) < 4.78 is 5.54. The molecule has 0 unspecified atom stereocenters. The molecular weight excluding hydrogens is 278 g/mol. The van der Waals surface area contributed by atoms with Gasteiger partial charge < -0.3 is 10.5 Å². The van der Waals surface area contributed by atoms with Gasteiger partial charge in [-0.2, -0.15) is 0 Å². The molecule has 0 saturated heterocycles. The van der Waals surface area contributed by atoms with Crippen LogP contribution in [-0.2, 0) is 0 Å². The van der Waals surface area contributed by atoms with E-state index in [1.165, 1.54) is 0 Å². The largest absolute Gasteiger partial charge is 0.494 e. The van der Waals surface area contributed by atoms with Crippen LogP contribution in [0.4, 0.5) is 11.6 Å². The summed E-state index contributed by atoms with van der Waals surface area (Å²) in [6, 6.07) is 9.52. The van der Waals surface area contributed by atoms with Crippen molar-refractivity contribution in [2.75, 3.05) is 11.9 Å². The van der Waals surface area contributed by atoms with Gasteiger partial charge in [0, 0.05) is 6.07 Å². The zero-order valence-corrected chi connectivity index (χ0v) is 13.2. The number of aryl methyl sites for hydroxylation is 2. The molecule has 0 aliphatic carbocycles. The molecule has 1 heterocycles. The number of nitrogens with two attached hydrogens (primary N) is 1. The molecule has 116 valence electrons. The third kappa shape index (κ3) is 4.73. The van der Waals surface area contributed by atoms with Crippen LogP contribution in [0, 0.1) is 13.8 Å². The monoisotopic (exact) mass is 300 g/mol. The standard InChI is InChI=1S/C16H21N5O/c1-4-9-22-14-7-5-13(6-8-14)20-15(17)21-16-18-11(2)10-12(3)19-16/h5-8,10H,4,9H2,1-3H3,(H3,17,18,19,20,21)/p+1. The Morgan fingerprint density at radius 1 is 1.18 bits per heavy atom. The number of nitrogens with one attached hydrogen (secondary N) is 2. The minimum Gasteiger partial charge on any atom is -0.494 e. The molecule has 0 fully saturated rings. The van der Waals surface area contributed by atoms with E-state index in [1.54, 1.807) is 0 Å². The molecule has 1 aromatic heterocycles. The summed E-state index contributed by atoms with van der Waals surface area (Å²) in [5, 5.41) is 3.06. The summed E-state index contributed by atoms with van der Waals surface area (Å²) in [5.41, 5.74) is 8.58. The van der Waals surface area contributed by atoms with Crippen molar-refractivity contribution in [2.24, 2.45) is 5.73 Å². The van der Waals surface area contributed by atoms with Gasteiger partial charge in [-0.05, 0) is 44.5 Å². The third-order valence-electron chi connectivity index (χ3n) is 2.83. The normalized spacial score (nSPS) is 11.3. The van der Waals surface area contributed by atoms with Gasteiger partial charge in [-0.1, -0.05) is 6.92 Å². The summed E-state index contributed by atoms with van der Waals surface area (Å²) in [6.45, 7) is 6.62. The van der Waals surface area contributed by atoms with E-state index in [9.17, 15) is 0 Å². The maximum atomic E-state index is 5.94. The van der Waals surface area contributed by atoms with E-state index in [-0.39, 0.29) is 0 Å². The van der Waals surface area contributed by atoms with Crippen molar-refractivity contribution in [3.05, 3.63) is 41.7 Å². The molecule has 0 saturated carbocycles. The van der Waals surface area contributed by atoms with Crippen molar-refractivity contribution < 1.29 is 9.73 Å². The molecule has 2 aromatic rings. The Balaban J connectivity index is 2.04. The van der Waals surface area contributed by atoms with Gasteiger partial charge in [-0.25, -0.2) is 4.99 Å². The van der Waals surface area contributed by atoms with Gasteiger partial charge in [-0.15, -0.1) is 9.97 Å². The van der Waals surface area contributed by atoms with Gasteiger partial charge >= 0.3 is 5.95 Å². The van der Waals surface area contributed by atoms with Gasteiger partial charge in [0.25, 0.3) is 5.96 Å². The molecule has 6 nitrogen and oxygen atoms in total. The van der Waals surface area contributed by atoms with E-state index >= 15 is 0 Å². The number of hydrogen-bond acceptors (Lipinski definition) is 3. The molecular formula is C16H22N5O+. The average molecular weight is 300 g/mol. The topological polar surface area (TPSA) is 87.0 Å². The molecule has 0 amide bonds. The Labute approximate surface area is 130 Å². The summed E-state index contributed by atoms with van der Waals surface area (Å²) >= 11 is 0. The maximum absolute atomic E-state index is 5.94. The second kappa shape index (κ2) is 7.40. The Kier molecular flexibility index (Phi) is 5.30. The SMILES string of the molecule is CCCOc1ccc(NC(N)=[NH+]c2nc(C)cc(C)n2)cc1. The van der Waals surface area contributed by atoms with Crippen LogP contribution in [0.5, 0.6) is 5.75 Å². The number of guanidine groups is 1. The van der Waals surface area contributed by atoms with Gasteiger partial charge in [0.2, 0.25) is 0 Å². The lowest BCUT2D eigenvalue weighted by molar-refractivity contribution is -0.365. The zero-order valence-electron chi connectivity index (χ0n) is 13.2. The van der Waals surface area contributed by atoms with E-state index < -0.39 is 0 Å². The first-order valence-electron chi connectivity index (χ1n) is 7.28. The summed E-state index contributed by atoms with van der Waals surface area (Å²) in [5.74, 6) is 1.69. The van der Waals surface area contributed by atoms with Gasteiger partial charge in [-0.3, -0.25) is 5.32 Å². The number of hydrogen-bond donors (Lipinski definition) is 3. The highest BCUT2D eigenvalue weighted by molar-refractivity contribution is 5.88. The maximum Gasteiger partial charge on any atom is 0.354 e. The highest BCUT2D eigenvalue weighted by Crippen LogP contribution is 2.15. The number of ether oxygens (including phenoxy) is 1. The fraction of sp³-hybridized carbons (Fsp3) is 0.312. The Morgan fingerprint density at radius 2 is 1.82 bits per heavy atom. The van der Waals surface area contributed by atoms with E-state index in [0.717, 1.165) is 29.2 Å². The van der Waals surface area contributed by atoms with Crippen LogP contribution in [-0.4, -0.2) is 22.5 Å². The highest BCUT2D eigenvalue weighted by atomic mass is 16.5. The van der Waals surface area contributed by atoms with Crippen LogP contribution in [0.25, 0.3) is 0 Å². The van der Waals surface area contributed by atoms with Gasteiger partial charge in [0.1, 0.15) is 5.75 Å². The van der Waals surface area contributed by atoms with Crippen molar-refractivity contribution in [1.29, 1.82) is 0 Å². The lowest BCUT2D eigenvalue weighted by Crippen LogP contribution is -2.72. The minimum absolute atomic E-state index is 0.368. The Hall–Kier alpha value is -2.63. The first-order valence-corrected chi connectivity index (χ1v) is 7.28. The lowest BCUT2D eigenvalue weighted by atomic mass is 10.3. The lowest BCUT2D eigenvalue weighted by Gasteiger charge is -2.05. The van der Waals surface area contributed by atoms with Crippen molar-refractivity contribution in [1.82, 2.24) is 9.97 Å². The minimum atomic E-state index is 0.368. The molecule has 0 radical (unpaired) electrons. The molecule has 2 rings (SSSR count). The predicted octanol–water partition coefficient (Wildman–Crippen LogP) is 1.02. The average Bonchev–Trinajstić information content (AvgIpc) is 2.45. The third-order valence-corrected chi connectivity index (χ3v) is 2.83. The molecule has 0 aliphatic heterocycles. The van der Waals surface area contributed by atoms with Crippen molar-refractivity contribution in [2.45, 2.75) is 27.2 Å². The predicted molar refractivity (Wildman–Crippen MR) is 87.2 cm³/mol. The molecule has 0 atom stereocenters. The number of nitrogens with zero attached hydrogens (tertiary/aromatic N) is 2. The summed E-state index contributed by atoms with van der Waals surface area (Å²) in [6.07, 6.45) is 0.987. The van der Waals surface area contributed by atoms with Crippen molar-refractivity contribution in [3.63, 3.8) is 0 Å². The van der Waals surface area contributed by atoms with Crippen LogP contribution in [0.15, 0.2) is 30.3 Å². The first-order chi connectivity index (χ1) is 10.6. The van der Waals surface area contributed by atoms with E-state index in [2.05, 4.69) is 27.2 Å². The van der Waals surface area contributed by atoms with Crippen LogP contribution >= 0.6 is 0 Å². The molecule has 0 bridgehead atoms. The van der Waals surface area contributed by atoms with Gasteiger partial charge in [0.15, 0.2) is 0 Å². The molecule has 6 heteroatoms. The molecule has 1 aromatic carbocycles. The van der Waals surface area contributed by atoms with Gasteiger partial charge in [0.05, 0.1) is 23.7 Å². The molecule has 22 heavy (non-hydrogen) atoms. The fourth-order valence-electron chi connectivity index (χ4n) is 1.94. The number of benzene rings is 1. The second-order valence-corrected chi connectivity index (χ2v) is 5.01. The molecule has 0 spiro atoms. The van der Waals surface area contributed by atoms with Crippen molar-refractivity contribution >= 4 is 17.6 Å². The Morgan fingerprint density at radius 3 is 2.41 bits per heavy atom. The number of aromatic nitrogens is 2. The number of anilines is 1. The van der Waals surface area contributed by atoms with Crippen LogP contribution in [0.1, 0.15) is 24.7 Å². The first kappa shape index (κ1) is 15.8.